The lowest BCUT2D eigenvalue weighted by Gasteiger charge is -2.31. The summed E-state index contributed by atoms with van der Waals surface area (Å²) in [5.74, 6) is 0.735. The molecule has 0 aliphatic rings. The first kappa shape index (κ1) is 25.1. The van der Waals surface area contributed by atoms with Gasteiger partial charge in [-0.05, 0) is 41.0 Å². The molecule has 0 saturated carbocycles. The Labute approximate surface area is 205 Å². The third kappa shape index (κ3) is 6.51. The Morgan fingerprint density at radius 2 is 1.53 bits per heavy atom. The van der Waals surface area contributed by atoms with Gasteiger partial charge in [0, 0.05) is 25.0 Å². The quantitative estimate of drug-likeness (QED) is 0.470. The molecule has 3 rings (SSSR count). The Balaban J connectivity index is 1.94. The Kier molecular flexibility index (Phi) is 8.93. The van der Waals surface area contributed by atoms with E-state index < -0.39 is 6.04 Å². The number of likely N-dealkylation sites (N-methyl/N-ethyl adjacent to an activating group) is 1. The summed E-state index contributed by atoms with van der Waals surface area (Å²) in [6, 6.07) is 21.6. The minimum atomic E-state index is -0.685. The number of hydrogen-bond acceptors (Lipinski definition) is 4. The molecule has 3 aromatic carbocycles. The number of methoxy groups -OCH3 is 2. The summed E-state index contributed by atoms with van der Waals surface area (Å²) in [5.41, 5.74) is 2.61. The number of hydrogen-bond donors (Lipinski definition) is 1. The maximum Gasteiger partial charge on any atom is 0.242 e. The van der Waals surface area contributed by atoms with E-state index in [2.05, 4.69) is 5.32 Å². The second kappa shape index (κ2) is 12.1. The van der Waals surface area contributed by atoms with Crippen molar-refractivity contribution in [1.29, 1.82) is 0 Å². The molecule has 0 fully saturated rings. The molecule has 1 atom stereocenters. The van der Waals surface area contributed by atoms with Crippen molar-refractivity contribution in [2.45, 2.75) is 25.4 Å². The fraction of sp³-hybridized carbons (Fsp3) is 0.259. The Morgan fingerprint density at radius 3 is 2.15 bits per heavy atom. The molecule has 6 nitrogen and oxygen atoms in total. The minimum absolute atomic E-state index is 0.107. The topological polar surface area (TPSA) is 67.9 Å². The highest BCUT2D eigenvalue weighted by atomic mass is 35.5. The largest absolute Gasteiger partial charge is 0.493 e. The highest BCUT2D eigenvalue weighted by Crippen LogP contribution is 2.28. The van der Waals surface area contributed by atoms with E-state index in [4.69, 9.17) is 21.1 Å². The highest BCUT2D eigenvalue weighted by Gasteiger charge is 2.30. The molecule has 0 bridgehead atoms. The maximum atomic E-state index is 13.6. The normalized spacial score (nSPS) is 11.4. The molecule has 2 amide bonds. The van der Waals surface area contributed by atoms with Crippen LogP contribution >= 0.6 is 11.6 Å². The van der Waals surface area contributed by atoms with Crippen LogP contribution in [0.2, 0.25) is 5.02 Å². The van der Waals surface area contributed by atoms with Gasteiger partial charge in [-0.3, -0.25) is 9.59 Å². The molecule has 0 aromatic heterocycles. The molecular formula is C27H29ClN2O4. The molecule has 0 heterocycles. The second-order valence-corrected chi connectivity index (χ2v) is 8.27. The fourth-order valence-electron chi connectivity index (χ4n) is 3.77. The van der Waals surface area contributed by atoms with Crippen LogP contribution in [0.4, 0.5) is 0 Å². The van der Waals surface area contributed by atoms with Crippen LogP contribution in [0.15, 0.2) is 72.8 Å². The molecule has 0 saturated heterocycles. The molecule has 34 heavy (non-hydrogen) atoms. The van der Waals surface area contributed by atoms with E-state index in [1.807, 2.05) is 48.5 Å². The predicted molar refractivity (Wildman–Crippen MR) is 133 cm³/mol. The maximum absolute atomic E-state index is 13.6. The van der Waals surface area contributed by atoms with Crippen LogP contribution in [0.25, 0.3) is 0 Å². The third-order valence-corrected chi connectivity index (χ3v) is 5.84. The van der Waals surface area contributed by atoms with Gasteiger partial charge in [0.2, 0.25) is 11.8 Å². The molecule has 1 N–H and O–H groups in total. The first-order valence-electron chi connectivity index (χ1n) is 11.0. The summed E-state index contributed by atoms with van der Waals surface area (Å²) in [7, 11) is 4.70. The number of ether oxygens (including phenoxy) is 2. The average Bonchev–Trinajstić information content (AvgIpc) is 2.87. The number of amides is 2. The lowest BCUT2D eigenvalue weighted by molar-refractivity contribution is -0.140. The molecule has 0 aliphatic heterocycles. The molecule has 0 spiro atoms. The molecule has 0 unspecified atom stereocenters. The summed E-state index contributed by atoms with van der Waals surface area (Å²) in [6.45, 7) is 0.272. The van der Waals surface area contributed by atoms with Crippen LogP contribution in [-0.2, 0) is 29.0 Å². The lowest BCUT2D eigenvalue weighted by atomic mass is 10.0. The van der Waals surface area contributed by atoms with Crippen molar-refractivity contribution >= 4 is 23.4 Å². The zero-order valence-corrected chi connectivity index (χ0v) is 20.3. The SMILES string of the molecule is CNC(=O)[C@H](Cc1ccccc1)N(Cc1ccc(Cl)cc1)C(=O)Cc1ccc(OC)c(OC)c1. The summed E-state index contributed by atoms with van der Waals surface area (Å²) in [6.07, 6.45) is 0.502. The molecule has 178 valence electrons. The van der Waals surface area contributed by atoms with Crippen molar-refractivity contribution in [2.24, 2.45) is 0 Å². The van der Waals surface area contributed by atoms with Crippen molar-refractivity contribution in [3.05, 3.63) is 94.5 Å². The van der Waals surface area contributed by atoms with Gasteiger partial charge in [0.25, 0.3) is 0 Å². The van der Waals surface area contributed by atoms with Crippen LogP contribution in [0.1, 0.15) is 16.7 Å². The standard InChI is InChI=1S/C27H29ClN2O4/c1-29-27(32)23(15-19-7-5-4-6-8-19)30(18-20-9-12-22(28)13-10-20)26(31)17-21-11-14-24(33-2)25(16-21)34-3/h4-14,16,23H,15,17-18H2,1-3H3,(H,29,32)/t23-/m0/s1. The van der Waals surface area contributed by atoms with E-state index in [1.165, 1.54) is 0 Å². The lowest BCUT2D eigenvalue weighted by Crippen LogP contribution is -2.50. The van der Waals surface area contributed by atoms with Gasteiger partial charge < -0.3 is 19.7 Å². The second-order valence-electron chi connectivity index (χ2n) is 7.83. The van der Waals surface area contributed by atoms with Crippen molar-refractivity contribution in [3.63, 3.8) is 0 Å². The van der Waals surface area contributed by atoms with Crippen molar-refractivity contribution in [3.8, 4) is 11.5 Å². The van der Waals surface area contributed by atoms with E-state index in [0.29, 0.717) is 22.9 Å². The molecule has 0 radical (unpaired) electrons. The molecule has 7 heteroatoms. The van der Waals surface area contributed by atoms with Crippen molar-refractivity contribution in [1.82, 2.24) is 10.2 Å². The zero-order chi connectivity index (χ0) is 24.5. The van der Waals surface area contributed by atoms with Gasteiger partial charge in [-0.1, -0.05) is 60.1 Å². The number of nitrogens with one attached hydrogen (secondary N) is 1. The van der Waals surface area contributed by atoms with Gasteiger partial charge in [-0.15, -0.1) is 0 Å². The summed E-state index contributed by atoms with van der Waals surface area (Å²) >= 11 is 6.05. The van der Waals surface area contributed by atoms with Crippen molar-refractivity contribution in [2.75, 3.05) is 21.3 Å². The molecular weight excluding hydrogens is 452 g/mol. The van der Waals surface area contributed by atoms with Gasteiger partial charge in [0.15, 0.2) is 11.5 Å². The monoisotopic (exact) mass is 480 g/mol. The summed E-state index contributed by atoms with van der Waals surface area (Å²) in [4.78, 5) is 28.2. The number of nitrogens with zero attached hydrogens (tertiary/aromatic N) is 1. The van der Waals surface area contributed by atoms with Crippen LogP contribution in [-0.4, -0.2) is 44.0 Å². The van der Waals surface area contributed by atoms with Crippen molar-refractivity contribution < 1.29 is 19.1 Å². The van der Waals surface area contributed by atoms with Crippen LogP contribution < -0.4 is 14.8 Å². The Morgan fingerprint density at radius 1 is 0.882 bits per heavy atom. The summed E-state index contributed by atoms with van der Waals surface area (Å²) in [5, 5.41) is 3.33. The number of benzene rings is 3. The molecule has 0 aliphatic carbocycles. The Bertz CT molecular complexity index is 1100. The highest BCUT2D eigenvalue weighted by molar-refractivity contribution is 6.30. The van der Waals surface area contributed by atoms with E-state index in [9.17, 15) is 9.59 Å². The predicted octanol–water partition coefficient (Wildman–Crippen LogP) is 4.29. The van der Waals surface area contributed by atoms with Gasteiger partial charge in [-0.2, -0.15) is 0 Å². The fourth-order valence-corrected chi connectivity index (χ4v) is 3.90. The van der Waals surface area contributed by atoms with E-state index in [0.717, 1.165) is 16.7 Å². The third-order valence-electron chi connectivity index (χ3n) is 5.59. The van der Waals surface area contributed by atoms with Crippen LogP contribution in [0.3, 0.4) is 0 Å². The zero-order valence-electron chi connectivity index (χ0n) is 19.6. The van der Waals surface area contributed by atoms with Gasteiger partial charge >= 0.3 is 0 Å². The van der Waals surface area contributed by atoms with Gasteiger partial charge in [-0.25, -0.2) is 0 Å². The summed E-state index contributed by atoms with van der Waals surface area (Å²) < 4.78 is 10.7. The Hall–Kier alpha value is -3.51. The van der Waals surface area contributed by atoms with Gasteiger partial charge in [0.1, 0.15) is 6.04 Å². The van der Waals surface area contributed by atoms with E-state index >= 15 is 0 Å². The smallest absolute Gasteiger partial charge is 0.242 e. The van der Waals surface area contributed by atoms with E-state index in [1.54, 1.807) is 50.4 Å². The van der Waals surface area contributed by atoms with Gasteiger partial charge in [0.05, 0.1) is 20.6 Å². The number of halogens is 1. The first-order chi connectivity index (χ1) is 16.4. The first-order valence-corrected chi connectivity index (χ1v) is 11.3. The van der Waals surface area contributed by atoms with Crippen LogP contribution in [0, 0.1) is 0 Å². The number of carbonyl (C=O) groups excluding carboxylic acids is 2. The van der Waals surface area contributed by atoms with E-state index in [-0.39, 0.29) is 24.8 Å². The minimum Gasteiger partial charge on any atom is -0.493 e. The number of carbonyl (C=O) groups is 2. The van der Waals surface area contributed by atoms with Crippen LogP contribution in [0.5, 0.6) is 11.5 Å². The number of rotatable bonds is 10. The average molecular weight is 481 g/mol. The molecule has 3 aromatic rings.